The standard InChI is InChI=1S/C14H13N3/c1-15-11-7-8-12-13(9-11)16-17-14(12)10-5-3-2-4-6-10/h2-9,15H,1H3,(H,16,17). The van der Waals surface area contributed by atoms with Crippen molar-refractivity contribution in [2.75, 3.05) is 12.4 Å². The summed E-state index contributed by atoms with van der Waals surface area (Å²) in [6, 6.07) is 16.4. The van der Waals surface area contributed by atoms with Crippen LogP contribution in [0.25, 0.3) is 22.2 Å². The molecule has 1 aromatic heterocycles. The first kappa shape index (κ1) is 9.90. The average Bonchev–Trinajstić information content (AvgIpc) is 2.82. The van der Waals surface area contributed by atoms with Gasteiger partial charge in [-0.3, -0.25) is 5.10 Å². The normalized spacial score (nSPS) is 10.6. The molecule has 0 saturated heterocycles. The Morgan fingerprint density at radius 2 is 1.88 bits per heavy atom. The minimum absolute atomic E-state index is 1.00. The summed E-state index contributed by atoms with van der Waals surface area (Å²) in [7, 11) is 1.91. The molecule has 0 spiro atoms. The van der Waals surface area contributed by atoms with Gasteiger partial charge < -0.3 is 5.32 Å². The van der Waals surface area contributed by atoms with Gasteiger partial charge in [-0.25, -0.2) is 0 Å². The van der Waals surface area contributed by atoms with Crippen LogP contribution in [0.5, 0.6) is 0 Å². The van der Waals surface area contributed by atoms with Crippen LogP contribution in [-0.2, 0) is 0 Å². The van der Waals surface area contributed by atoms with E-state index in [0.717, 1.165) is 27.8 Å². The van der Waals surface area contributed by atoms with Crippen LogP contribution in [0.2, 0.25) is 0 Å². The second-order valence-electron chi connectivity index (χ2n) is 3.95. The number of aromatic amines is 1. The summed E-state index contributed by atoms with van der Waals surface area (Å²) in [4.78, 5) is 0. The van der Waals surface area contributed by atoms with Crippen LogP contribution in [0.4, 0.5) is 5.69 Å². The van der Waals surface area contributed by atoms with Crippen LogP contribution >= 0.6 is 0 Å². The molecule has 2 aromatic carbocycles. The first-order valence-electron chi connectivity index (χ1n) is 5.60. The van der Waals surface area contributed by atoms with Crippen molar-refractivity contribution in [3.63, 3.8) is 0 Å². The van der Waals surface area contributed by atoms with E-state index in [1.165, 1.54) is 0 Å². The Morgan fingerprint density at radius 1 is 1.06 bits per heavy atom. The summed E-state index contributed by atoms with van der Waals surface area (Å²) in [5.41, 5.74) is 4.27. The van der Waals surface area contributed by atoms with Gasteiger partial charge in [-0.15, -0.1) is 0 Å². The average molecular weight is 223 g/mol. The largest absolute Gasteiger partial charge is 0.388 e. The van der Waals surface area contributed by atoms with Crippen molar-refractivity contribution in [3.05, 3.63) is 48.5 Å². The fourth-order valence-electron chi connectivity index (χ4n) is 1.99. The molecular weight excluding hydrogens is 210 g/mol. The molecule has 1 heterocycles. The van der Waals surface area contributed by atoms with Crippen LogP contribution in [0, 0.1) is 0 Å². The highest BCUT2D eigenvalue weighted by atomic mass is 15.1. The van der Waals surface area contributed by atoms with Crippen LogP contribution in [0.1, 0.15) is 0 Å². The van der Waals surface area contributed by atoms with Gasteiger partial charge in [0.05, 0.1) is 11.2 Å². The molecule has 0 saturated carbocycles. The number of anilines is 1. The predicted octanol–water partition coefficient (Wildman–Crippen LogP) is 3.27. The lowest BCUT2D eigenvalue weighted by Crippen LogP contribution is -1.86. The molecule has 0 atom stereocenters. The van der Waals surface area contributed by atoms with Crippen LogP contribution in [0.15, 0.2) is 48.5 Å². The molecule has 3 rings (SSSR count). The van der Waals surface area contributed by atoms with Crippen molar-refractivity contribution in [3.8, 4) is 11.3 Å². The third kappa shape index (κ3) is 1.65. The maximum atomic E-state index is 4.39. The Balaban J connectivity index is 2.19. The molecule has 84 valence electrons. The van der Waals surface area contributed by atoms with E-state index in [2.05, 4.69) is 45.8 Å². The number of H-pyrrole nitrogens is 1. The first-order chi connectivity index (χ1) is 8.38. The molecule has 0 aliphatic carbocycles. The molecule has 3 nitrogen and oxygen atoms in total. The number of nitrogens with one attached hydrogen (secondary N) is 2. The predicted molar refractivity (Wildman–Crippen MR) is 71.1 cm³/mol. The molecule has 0 radical (unpaired) electrons. The second-order valence-corrected chi connectivity index (χ2v) is 3.95. The Kier molecular flexibility index (Phi) is 2.29. The van der Waals surface area contributed by atoms with Gasteiger partial charge in [0.15, 0.2) is 0 Å². The summed E-state index contributed by atoms with van der Waals surface area (Å²) in [6.07, 6.45) is 0. The Labute approximate surface area is 99.5 Å². The molecule has 0 amide bonds. The van der Waals surface area contributed by atoms with Gasteiger partial charge in [0.25, 0.3) is 0 Å². The summed E-state index contributed by atoms with van der Waals surface area (Å²) in [5, 5.41) is 11.7. The lowest BCUT2D eigenvalue weighted by Gasteiger charge is -2.00. The molecule has 0 unspecified atom stereocenters. The molecule has 0 aliphatic heterocycles. The van der Waals surface area contributed by atoms with Crippen molar-refractivity contribution in [1.29, 1.82) is 0 Å². The van der Waals surface area contributed by atoms with Gasteiger partial charge in [-0.05, 0) is 18.2 Å². The van der Waals surface area contributed by atoms with E-state index in [1.807, 2.05) is 25.2 Å². The Hall–Kier alpha value is -2.29. The zero-order chi connectivity index (χ0) is 11.7. The highest BCUT2D eigenvalue weighted by Gasteiger charge is 2.07. The van der Waals surface area contributed by atoms with E-state index in [4.69, 9.17) is 0 Å². The lowest BCUT2D eigenvalue weighted by molar-refractivity contribution is 1.12. The van der Waals surface area contributed by atoms with Crippen LogP contribution < -0.4 is 5.32 Å². The zero-order valence-corrected chi connectivity index (χ0v) is 9.57. The minimum Gasteiger partial charge on any atom is -0.388 e. The van der Waals surface area contributed by atoms with E-state index in [1.54, 1.807) is 0 Å². The quantitative estimate of drug-likeness (QED) is 0.700. The topological polar surface area (TPSA) is 40.7 Å². The number of hydrogen-bond acceptors (Lipinski definition) is 2. The van der Waals surface area contributed by atoms with Gasteiger partial charge in [0, 0.05) is 23.7 Å². The van der Waals surface area contributed by atoms with Gasteiger partial charge in [-0.2, -0.15) is 5.10 Å². The Morgan fingerprint density at radius 3 is 2.65 bits per heavy atom. The molecule has 0 fully saturated rings. The van der Waals surface area contributed by atoms with Gasteiger partial charge >= 0.3 is 0 Å². The van der Waals surface area contributed by atoms with E-state index in [9.17, 15) is 0 Å². The smallest absolute Gasteiger partial charge is 0.0999 e. The number of rotatable bonds is 2. The molecule has 17 heavy (non-hydrogen) atoms. The first-order valence-corrected chi connectivity index (χ1v) is 5.60. The van der Waals surface area contributed by atoms with E-state index >= 15 is 0 Å². The number of hydrogen-bond donors (Lipinski definition) is 2. The summed E-state index contributed by atoms with van der Waals surface area (Å²) < 4.78 is 0. The van der Waals surface area contributed by atoms with Crippen molar-refractivity contribution in [1.82, 2.24) is 10.2 Å². The Bertz CT molecular complexity index is 641. The van der Waals surface area contributed by atoms with Crippen molar-refractivity contribution >= 4 is 16.6 Å². The van der Waals surface area contributed by atoms with Gasteiger partial charge in [0.2, 0.25) is 0 Å². The monoisotopic (exact) mass is 223 g/mol. The third-order valence-electron chi connectivity index (χ3n) is 2.90. The highest BCUT2D eigenvalue weighted by Crippen LogP contribution is 2.27. The lowest BCUT2D eigenvalue weighted by atomic mass is 10.1. The van der Waals surface area contributed by atoms with E-state index < -0.39 is 0 Å². The minimum atomic E-state index is 1.00. The van der Waals surface area contributed by atoms with Gasteiger partial charge in [0.1, 0.15) is 0 Å². The molecule has 3 heteroatoms. The number of benzene rings is 2. The van der Waals surface area contributed by atoms with Crippen LogP contribution in [-0.4, -0.2) is 17.2 Å². The molecule has 0 aliphatic rings. The summed E-state index contributed by atoms with van der Waals surface area (Å²) >= 11 is 0. The van der Waals surface area contributed by atoms with E-state index in [0.29, 0.717) is 0 Å². The molecule has 0 bridgehead atoms. The van der Waals surface area contributed by atoms with E-state index in [-0.39, 0.29) is 0 Å². The number of aromatic nitrogens is 2. The highest BCUT2D eigenvalue weighted by molar-refractivity contribution is 5.94. The van der Waals surface area contributed by atoms with Gasteiger partial charge in [-0.1, -0.05) is 30.3 Å². The molecular formula is C14H13N3. The van der Waals surface area contributed by atoms with Crippen LogP contribution in [0.3, 0.4) is 0 Å². The number of fused-ring (bicyclic) bond motifs is 1. The molecule has 2 N–H and O–H groups in total. The number of nitrogens with zero attached hydrogens (tertiary/aromatic N) is 1. The maximum Gasteiger partial charge on any atom is 0.0999 e. The summed E-state index contributed by atoms with van der Waals surface area (Å²) in [6.45, 7) is 0. The van der Waals surface area contributed by atoms with Crippen molar-refractivity contribution < 1.29 is 0 Å². The van der Waals surface area contributed by atoms with Crippen molar-refractivity contribution in [2.24, 2.45) is 0 Å². The second kappa shape index (κ2) is 3.94. The molecule has 3 aromatic rings. The fourth-order valence-corrected chi connectivity index (χ4v) is 1.99. The fraction of sp³-hybridized carbons (Fsp3) is 0.0714. The summed E-state index contributed by atoms with van der Waals surface area (Å²) in [5.74, 6) is 0. The van der Waals surface area contributed by atoms with Crippen molar-refractivity contribution in [2.45, 2.75) is 0 Å². The maximum absolute atomic E-state index is 4.39. The zero-order valence-electron chi connectivity index (χ0n) is 9.57. The third-order valence-corrected chi connectivity index (χ3v) is 2.90. The SMILES string of the molecule is CNc1ccc2c(-c3ccccc3)n[nH]c2c1.